The van der Waals surface area contributed by atoms with E-state index in [1.54, 1.807) is 23.1 Å². The lowest BCUT2D eigenvalue weighted by Crippen LogP contribution is -2.40. The van der Waals surface area contributed by atoms with Crippen LogP contribution < -0.4 is 0 Å². The van der Waals surface area contributed by atoms with Gasteiger partial charge in [-0.1, -0.05) is 12.1 Å². The molecule has 1 N–H and O–H groups in total. The zero-order chi connectivity index (χ0) is 16.4. The van der Waals surface area contributed by atoms with Crippen LogP contribution in [-0.4, -0.2) is 51.6 Å². The number of aromatic hydroxyl groups is 1. The van der Waals surface area contributed by atoms with Crippen molar-refractivity contribution in [1.29, 1.82) is 0 Å². The summed E-state index contributed by atoms with van der Waals surface area (Å²) in [4.78, 5) is 39.4. The number of nitrogens with zero attached hydrogens (tertiary/aromatic N) is 2. The summed E-state index contributed by atoms with van der Waals surface area (Å²) < 4.78 is 0. The minimum absolute atomic E-state index is 0.0854. The summed E-state index contributed by atoms with van der Waals surface area (Å²) in [7, 11) is 0. The maximum Gasteiger partial charge on any atom is 0.294 e. The molecule has 1 aromatic rings. The Kier molecular flexibility index (Phi) is 4.38. The average molecular weight is 332 g/mol. The Balaban J connectivity index is 1.73. The van der Waals surface area contributed by atoms with E-state index in [0.29, 0.717) is 18.7 Å². The third-order valence-corrected chi connectivity index (χ3v) is 4.70. The highest BCUT2D eigenvalue weighted by Crippen LogP contribution is 2.32. The topological polar surface area (TPSA) is 77.9 Å². The summed E-state index contributed by atoms with van der Waals surface area (Å²) in [6, 6.07) is 6.41. The number of thioether (sulfide) groups is 1. The van der Waals surface area contributed by atoms with E-state index >= 15 is 0 Å². The summed E-state index contributed by atoms with van der Waals surface area (Å²) in [5.74, 6) is -0.568. The second-order valence-electron chi connectivity index (χ2n) is 5.45. The number of amides is 3. The molecular weight excluding hydrogens is 316 g/mol. The summed E-state index contributed by atoms with van der Waals surface area (Å²) in [5, 5.41) is 9.01. The lowest BCUT2D eigenvalue weighted by Gasteiger charge is -2.18. The first-order chi connectivity index (χ1) is 11.0. The van der Waals surface area contributed by atoms with Crippen LogP contribution in [0.25, 0.3) is 6.08 Å². The van der Waals surface area contributed by atoms with Gasteiger partial charge in [-0.25, -0.2) is 0 Å². The third-order valence-electron chi connectivity index (χ3n) is 3.79. The van der Waals surface area contributed by atoms with Gasteiger partial charge in [0.25, 0.3) is 11.1 Å². The minimum Gasteiger partial charge on any atom is -0.508 e. The predicted octanol–water partition coefficient (Wildman–Crippen LogP) is 2.05. The number of carbonyl (C=O) groups is 3. The van der Waals surface area contributed by atoms with E-state index in [1.165, 1.54) is 12.1 Å². The first kappa shape index (κ1) is 15.6. The molecule has 7 heteroatoms. The third kappa shape index (κ3) is 3.39. The Morgan fingerprint density at radius 2 is 2.00 bits per heavy atom. The van der Waals surface area contributed by atoms with Crippen molar-refractivity contribution in [1.82, 2.24) is 9.80 Å². The lowest BCUT2D eigenvalue weighted by atomic mass is 10.2. The number of phenolic OH excluding ortho intramolecular Hbond substituents is 1. The van der Waals surface area contributed by atoms with Crippen LogP contribution in [0, 0.1) is 0 Å². The van der Waals surface area contributed by atoms with Crippen LogP contribution in [0.2, 0.25) is 0 Å². The van der Waals surface area contributed by atoms with Crippen LogP contribution in [0.5, 0.6) is 5.75 Å². The molecule has 2 aliphatic heterocycles. The molecule has 1 aromatic carbocycles. The van der Waals surface area contributed by atoms with Crippen LogP contribution in [-0.2, 0) is 9.59 Å². The van der Waals surface area contributed by atoms with Gasteiger partial charge in [0.2, 0.25) is 5.91 Å². The van der Waals surface area contributed by atoms with Crippen LogP contribution in [0.1, 0.15) is 18.4 Å². The molecule has 0 unspecified atom stereocenters. The molecule has 0 aromatic heterocycles. The van der Waals surface area contributed by atoms with Crippen molar-refractivity contribution in [2.24, 2.45) is 0 Å². The maximum atomic E-state index is 12.3. The Hall–Kier alpha value is -2.28. The normalized spacial score (nSPS) is 19.9. The van der Waals surface area contributed by atoms with Crippen molar-refractivity contribution in [3.05, 3.63) is 34.7 Å². The maximum absolute atomic E-state index is 12.3. The number of likely N-dealkylation sites (tertiary alicyclic amines) is 1. The first-order valence-electron chi connectivity index (χ1n) is 7.37. The van der Waals surface area contributed by atoms with E-state index in [9.17, 15) is 19.5 Å². The quantitative estimate of drug-likeness (QED) is 0.857. The van der Waals surface area contributed by atoms with Crippen molar-refractivity contribution in [2.75, 3.05) is 19.6 Å². The van der Waals surface area contributed by atoms with Gasteiger partial charge in [0.1, 0.15) is 12.3 Å². The molecule has 0 bridgehead atoms. The fraction of sp³-hybridized carbons (Fsp3) is 0.312. The molecule has 2 saturated heterocycles. The zero-order valence-corrected chi connectivity index (χ0v) is 13.2. The van der Waals surface area contributed by atoms with Gasteiger partial charge in [0.05, 0.1) is 4.91 Å². The van der Waals surface area contributed by atoms with Gasteiger partial charge in [-0.15, -0.1) is 0 Å². The van der Waals surface area contributed by atoms with Gasteiger partial charge in [-0.05, 0) is 48.4 Å². The highest BCUT2D eigenvalue weighted by molar-refractivity contribution is 8.18. The number of hydrogen-bond acceptors (Lipinski definition) is 5. The fourth-order valence-electron chi connectivity index (χ4n) is 2.60. The van der Waals surface area contributed by atoms with Gasteiger partial charge in [-0.3, -0.25) is 19.3 Å². The molecule has 6 nitrogen and oxygen atoms in total. The van der Waals surface area contributed by atoms with Crippen molar-refractivity contribution >= 4 is 34.9 Å². The summed E-state index contributed by atoms with van der Waals surface area (Å²) >= 11 is 0.813. The molecule has 0 radical (unpaired) electrons. The number of hydrogen-bond donors (Lipinski definition) is 1. The van der Waals surface area contributed by atoms with Gasteiger partial charge in [0.15, 0.2) is 0 Å². The molecule has 0 atom stereocenters. The highest BCUT2D eigenvalue weighted by Gasteiger charge is 2.37. The second-order valence-corrected chi connectivity index (χ2v) is 6.44. The van der Waals surface area contributed by atoms with E-state index in [4.69, 9.17) is 0 Å². The molecule has 3 amide bonds. The van der Waals surface area contributed by atoms with Crippen LogP contribution >= 0.6 is 11.8 Å². The summed E-state index contributed by atoms with van der Waals surface area (Å²) in [6.07, 6.45) is 3.47. The minimum atomic E-state index is -0.462. The van der Waals surface area contributed by atoms with Crippen molar-refractivity contribution < 1.29 is 19.5 Å². The Labute approximate surface area is 137 Å². The molecule has 2 aliphatic rings. The van der Waals surface area contributed by atoms with Crippen molar-refractivity contribution in [2.45, 2.75) is 12.8 Å². The molecular formula is C16H16N2O4S. The monoisotopic (exact) mass is 332 g/mol. The first-order valence-corrected chi connectivity index (χ1v) is 8.18. The van der Waals surface area contributed by atoms with E-state index in [2.05, 4.69) is 0 Å². The van der Waals surface area contributed by atoms with Gasteiger partial charge < -0.3 is 10.0 Å². The summed E-state index contributed by atoms with van der Waals surface area (Å²) in [5.41, 5.74) is 0.626. The van der Waals surface area contributed by atoms with E-state index < -0.39 is 11.1 Å². The van der Waals surface area contributed by atoms with Crippen LogP contribution in [0.15, 0.2) is 29.2 Å². The van der Waals surface area contributed by atoms with E-state index in [1.807, 2.05) is 0 Å². The molecule has 120 valence electrons. The number of rotatable bonds is 3. The van der Waals surface area contributed by atoms with Gasteiger partial charge in [-0.2, -0.15) is 0 Å². The number of imide groups is 1. The van der Waals surface area contributed by atoms with Gasteiger partial charge >= 0.3 is 0 Å². The standard InChI is InChI=1S/C16H16N2O4S/c19-12-5-3-4-11(8-12)9-13-15(21)18(16(22)23-13)10-14(20)17-6-1-2-7-17/h3-5,8-9,19H,1-2,6-7,10H2/b13-9+. The lowest BCUT2D eigenvalue weighted by molar-refractivity contribution is -0.135. The molecule has 2 heterocycles. The summed E-state index contributed by atoms with van der Waals surface area (Å²) in [6.45, 7) is 1.17. The second kappa shape index (κ2) is 6.45. The highest BCUT2D eigenvalue weighted by atomic mass is 32.2. The molecule has 0 saturated carbocycles. The molecule has 0 aliphatic carbocycles. The number of carbonyl (C=O) groups excluding carboxylic acids is 3. The Morgan fingerprint density at radius 1 is 1.26 bits per heavy atom. The Bertz CT molecular complexity index is 695. The zero-order valence-electron chi connectivity index (χ0n) is 12.4. The molecule has 0 spiro atoms. The Morgan fingerprint density at radius 3 is 2.70 bits per heavy atom. The largest absolute Gasteiger partial charge is 0.508 e. The SMILES string of the molecule is O=C(CN1C(=O)S/C(=C/c2cccc(O)c2)C1=O)N1CCCC1. The smallest absolute Gasteiger partial charge is 0.294 e. The van der Waals surface area contributed by atoms with Crippen LogP contribution in [0.3, 0.4) is 0 Å². The molecule has 2 fully saturated rings. The van der Waals surface area contributed by atoms with Crippen molar-refractivity contribution in [3.63, 3.8) is 0 Å². The molecule has 23 heavy (non-hydrogen) atoms. The van der Waals surface area contributed by atoms with E-state index in [-0.39, 0.29) is 23.1 Å². The van der Waals surface area contributed by atoms with Crippen LogP contribution in [0.4, 0.5) is 4.79 Å². The van der Waals surface area contributed by atoms with Gasteiger partial charge in [0, 0.05) is 13.1 Å². The average Bonchev–Trinajstić information content (AvgIpc) is 3.12. The number of benzene rings is 1. The van der Waals surface area contributed by atoms with E-state index in [0.717, 1.165) is 29.5 Å². The van der Waals surface area contributed by atoms with Crippen molar-refractivity contribution in [3.8, 4) is 5.75 Å². The molecule has 3 rings (SSSR count). The predicted molar refractivity (Wildman–Crippen MR) is 86.6 cm³/mol. The number of phenols is 1. The fourth-order valence-corrected chi connectivity index (χ4v) is 3.44.